The van der Waals surface area contributed by atoms with Crippen LogP contribution in [0.2, 0.25) is 4.34 Å². The van der Waals surface area contributed by atoms with E-state index in [1.807, 2.05) is 6.07 Å². The zero-order chi connectivity index (χ0) is 15.6. The van der Waals surface area contributed by atoms with Gasteiger partial charge in [0, 0.05) is 18.5 Å². The van der Waals surface area contributed by atoms with Crippen molar-refractivity contribution in [1.82, 2.24) is 4.31 Å². The summed E-state index contributed by atoms with van der Waals surface area (Å²) in [6, 6.07) is 8.50. The molecule has 0 saturated carbocycles. The summed E-state index contributed by atoms with van der Waals surface area (Å²) in [4.78, 5) is 1.10. The lowest BCUT2D eigenvalue weighted by atomic mass is 10.2. The minimum absolute atomic E-state index is 0.187. The molecule has 1 aromatic heterocycles. The highest BCUT2D eigenvalue weighted by Gasteiger charge is 2.23. The molecule has 0 aliphatic rings. The highest BCUT2D eigenvalue weighted by Crippen LogP contribution is 2.26. The van der Waals surface area contributed by atoms with Crippen LogP contribution in [0.3, 0.4) is 0 Å². The summed E-state index contributed by atoms with van der Waals surface area (Å²) in [6.45, 7) is 1.82. The van der Waals surface area contributed by atoms with Gasteiger partial charge in [-0.1, -0.05) is 23.7 Å². The summed E-state index contributed by atoms with van der Waals surface area (Å²) in [5.74, 6) is 0. The van der Waals surface area contributed by atoms with Crippen molar-refractivity contribution in [2.45, 2.75) is 25.0 Å². The molecule has 0 saturated heterocycles. The van der Waals surface area contributed by atoms with Crippen molar-refractivity contribution in [3.8, 4) is 0 Å². The normalized spacial score (nSPS) is 12.0. The van der Waals surface area contributed by atoms with E-state index >= 15 is 0 Å². The summed E-state index contributed by atoms with van der Waals surface area (Å²) in [5, 5.41) is 9.17. The quantitative estimate of drug-likeness (QED) is 0.906. The van der Waals surface area contributed by atoms with Gasteiger partial charge in [-0.3, -0.25) is 0 Å². The van der Waals surface area contributed by atoms with Crippen LogP contribution in [0, 0.1) is 6.92 Å². The van der Waals surface area contributed by atoms with Gasteiger partial charge in [0.15, 0.2) is 0 Å². The van der Waals surface area contributed by atoms with Crippen LogP contribution in [0.5, 0.6) is 0 Å². The number of nitrogens with zero attached hydrogens (tertiary/aromatic N) is 1. The van der Waals surface area contributed by atoms with Crippen LogP contribution >= 0.6 is 22.9 Å². The standard InChI is InChI=1S/C14H16ClNO3S2/c1-10-3-4-11(9-17)7-13(10)21(18,19)16(2)8-12-5-6-14(15)20-12/h3-7,17H,8-9H2,1-2H3. The molecule has 2 rings (SSSR count). The van der Waals surface area contributed by atoms with Crippen LogP contribution in [0.15, 0.2) is 35.2 Å². The molecule has 0 spiro atoms. The van der Waals surface area contributed by atoms with Crippen LogP contribution < -0.4 is 0 Å². The number of aryl methyl sites for hydroxylation is 1. The second-order valence-corrected chi connectivity index (χ2v) is 8.54. The molecule has 21 heavy (non-hydrogen) atoms. The van der Waals surface area contributed by atoms with Crippen molar-refractivity contribution in [2.75, 3.05) is 7.05 Å². The van der Waals surface area contributed by atoms with Crippen molar-refractivity contribution >= 4 is 33.0 Å². The largest absolute Gasteiger partial charge is 0.392 e. The molecule has 1 aromatic carbocycles. The van der Waals surface area contributed by atoms with E-state index in [0.29, 0.717) is 15.5 Å². The maximum absolute atomic E-state index is 12.6. The Labute approximate surface area is 133 Å². The molecule has 0 radical (unpaired) electrons. The average Bonchev–Trinajstić information content (AvgIpc) is 2.84. The fourth-order valence-electron chi connectivity index (χ4n) is 1.93. The summed E-state index contributed by atoms with van der Waals surface area (Å²) in [5.41, 5.74) is 1.23. The molecular formula is C14H16ClNO3S2. The summed E-state index contributed by atoms with van der Waals surface area (Å²) < 4.78 is 27.2. The highest BCUT2D eigenvalue weighted by molar-refractivity contribution is 7.89. The Bertz CT molecular complexity index is 740. The number of rotatable bonds is 5. The number of hydrogen-bond donors (Lipinski definition) is 1. The van der Waals surface area contributed by atoms with Crippen LogP contribution in [0.4, 0.5) is 0 Å². The van der Waals surface area contributed by atoms with Crippen LogP contribution in [0.25, 0.3) is 0 Å². The lowest BCUT2D eigenvalue weighted by Crippen LogP contribution is -2.26. The van der Waals surface area contributed by atoms with Crippen molar-refractivity contribution in [3.05, 3.63) is 50.7 Å². The molecule has 4 nitrogen and oxygen atoms in total. The number of benzene rings is 1. The molecule has 1 heterocycles. The fourth-order valence-corrected chi connectivity index (χ4v) is 4.57. The van der Waals surface area contributed by atoms with E-state index in [1.165, 1.54) is 28.8 Å². The number of thiophene rings is 1. The van der Waals surface area contributed by atoms with Gasteiger partial charge < -0.3 is 5.11 Å². The zero-order valence-electron chi connectivity index (χ0n) is 11.7. The average molecular weight is 346 g/mol. The molecule has 7 heteroatoms. The van der Waals surface area contributed by atoms with Gasteiger partial charge in [0.25, 0.3) is 0 Å². The van der Waals surface area contributed by atoms with Gasteiger partial charge in [0.1, 0.15) is 0 Å². The predicted octanol–water partition coefficient (Wildman–Crippen LogP) is 3.02. The third-order valence-corrected chi connectivity index (χ3v) is 6.29. The summed E-state index contributed by atoms with van der Waals surface area (Å²) in [7, 11) is -2.07. The van der Waals surface area contributed by atoms with Gasteiger partial charge in [-0.2, -0.15) is 4.31 Å². The minimum Gasteiger partial charge on any atom is -0.392 e. The smallest absolute Gasteiger partial charge is 0.243 e. The molecule has 0 bridgehead atoms. The van der Waals surface area contributed by atoms with E-state index in [1.54, 1.807) is 25.1 Å². The van der Waals surface area contributed by atoms with E-state index in [2.05, 4.69) is 0 Å². The van der Waals surface area contributed by atoms with Crippen molar-refractivity contribution in [1.29, 1.82) is 0 Å². The van der Waals surface area contributed by atoms with Gasteiger partial charge in [-0.15, -0.1) is 11.3 Å². The zero-order valence-corrected chi connectivity index (χ0v) is 14.1. The predicted molar refractivity (Wildman–Crippen MR) is 85.1 cm³/mol. The van der Waals surface area contributed by atoms with Gasteiger partial charge in [0.05, 0.1) is 15.8 Å². The van der Waals surface area contributed by atoms with Gasteiger partial charge in [-0.05, 0) is 36.2 Å². The number of halogens is 1. The first-order valence-electron chi connectivity index (χ1n) is 6.25. The topological polar surface area (TPSA) is 57.6 Å². The van der Waals surface area contributed by atoms with Crippen molar-refractivity contribution in [3.63, 3.8) is 0 Å². The number of aliphatic hydroxyl groups is 1. The second kappa shape index (κ2) is 6.46. The first kappa shape index (κ1) is 16.5. The first-order valence-corrected chi connectivity index (χ1v) is 8.89. The number of hydrogen-bond acceptors (Lipinski definition) is 4. The summed E-state index contributed by atoms with van der Waals surface area (Å²) in [6.07, 6.45) is 0. The molecule has 0 aliphatic carbocycles. The van der Waals surface area contributed by atoms with Crippen molar-refractivity contribution in [2.24, 2.45) is 0 Å². The monoisotopic (exact) mass is 345 g/mol. The van der Waals surface area contributed by atoms with Gasteiger partial charge >= 0.3 is 0 Å². The van der Waals surface area contributed by atoms with E-state index in [9.17, 15) is 13.5 Å². The SMILES string of the molecule is Cc1ccc(CO)cc1S(=O)(=O)N(C)Cc1ccc(Cl)s1. The molecule has 1 N–H and O–H groups in total. The Morgan fingerprint density at radius 2 is 2.00 bits per heavy atom. The highest BCUT2D eigenvalue weighted by atomic mass is 35.5. The Kier molecular flexibility index (Phi) is 5.06. The molecule has 0 amide bonds. The van der Waals surface area contributed by atoms with Crippen LogP contribution in [-0.2, 0) is 23.2 Å². The minimum atomic E-state index is -3.61. The third-order valence-electron chi connectivity index (χ3n) is 3.13. The van der Waals surface area contributed by atoms with Crippen LogP contribution in [-0.4, -0.2) is 24.9 Å². The molecule has 114 valence electrons. The van der Waals surface area contributed by atoms with E-state index in [4.69, 9.17) is 11.6 Å². The second-order valence-electron chi connectivity index (χ2n) is 4.72. The lowest BCUT2D eigenvalue weighted by molar-refractivity contribution is 0.281. The van der Waals surface area contributed by atoms with Gasteiger partial charge in [-0.25, -0.2) is 8.42 Å². The molecule has 0 atom stereocenters. The Morgan fingerprint density at radius 1 is 1.29 bits per heavy atom. The van der Waals surface area contributed by atoms with E-state index < -0.39 is 10.0 Å². The Balaban J connectivity index is 2.32. The Morgan fingerprint density at radius 3 is 2.57 bits per heavy atom. The number of aliphatic hydroxyl groups excluding tert-OH is 1. The first-order chi connectivity index (χ1) is 9.84. The van der Waals surface area contributed by atoms with Crippen LogP contribution in [0.1, 0.15) is 16.0 Å². The van der Waals surface area contributed by atoms with Gasteiger partial charge in [0.2, 0.25) is 10.0 Å². The maximum atomic E-state index is 12.6. The molecule has 0 unspecified atom stereocenters. The molecule has 0 aliphatic heterocycles. The molecule has 0 fully saturated rings. The molecule has 2 aromatic rings. The fraction of sp³-hybridized carbons (Fsp3) is 0.286. The number of sulfonamides is 1. The third kappa shape index (κ3) is 3.64. The van der Waals surface area contributed by atoms with E-state index in [0.717, 1.165) is 4.88 Å². The summed E-state index contributed by atoms with van der Waals surface area (Å²) >= 11 is 7.22. The van der Waals surface area contributed by atoms with E-state index in [-0.39, 0.29) is 18.0 Å². The maximum Gasteiger partial charge on any atom is 0.243 e. The lowest BCUT2D eigenvalue weighted by Gasteiger charge is -2.18. The van der Waals surface area contributed by atoms with Crippen molar-refractivity contribution < 1.29 is 13.5 Å². The Hall–Kier alpha value is -0.920. The molecular weight excluding hydrogens is 330 g/mol.